The number of fused-ring (bicyclic) bond motifs is 1. The highest BCUT2D eigenvalue weighted by Crippen LogP contribution is 2.42. The molecule has 2 unspecified atom stereocenters. The Hall–Kier alpha value is -0.510. The molecule has 0 saturated carbocycles. The van der Waals surface area contributed by atoms with Gasteiger partial charge in [-0.05, 0) is 12.2 Å². The summed E-state index contributed by atoms with van der Waals surface area (Å²) in [7, 11) is 0. The number of imide groups is 1. The van der Waals surface area contributed by atoms with Crippen LogP contribution in [0, 0.1) is 5.92 Å². The van der Waals surface area contributed by atoms with Gasteiger partial charge in [0.2, 0.25) is 5.91 Å². The van der Waals surface area contributed by atoms with E-state index in [1.165, 1.54) is 12.2 Å². The number of allylic oxidation sites excluding steroid dienone is 2. The van der Waals surface area contributed by atoms with E-state index in [9.17, 15) is 9.59 Å². The zero-order valence-electron chi connectivity index (χ0n) is 6.68. The van der Waals surface area contributed by atoms with Gasteiger partial charge in [-0.2, -0.15) is 0 Å². The van der Waals surface area contributed by atoms with Gasteiger partial charge in [-0.1, -0.05) is 23.2 Å². The average molecular weight is 252 g/mol. The van der Waals surface area contributed by atoms with E-state index in [2.05, 4.69) is 5.32 Å². The number of carbonyl (C=O) groups is 2. The molecule has 1 N–H and O–H groups in total. The standard InChI is InChI=1S/C8H4Cl3NO2/c9-4-1-3-6(13)12-7(14)8(3,11)2-5(4)10/h1-3H,(H,12,13,14). The van der Waals surface area contributed by atoms with E-state index in [4.69, 9.17) is 34.8 Å². The van der Waals surface area contributed by atoms with E-state index in [1.807, 2.05) is 0 Å². The van der Waals surface area contributed by atoms with Crippen LogP contribution in [0.15, 0.2) is 22.2 Å². The number of carbonyl (C=O) groups excluding carboxylic acids is 2. The minimum Gasteiger partial charge on any atom is -0.294 e. The summed E-state index contributed by atoms with van der Waals surface area (Å²) in [5, 5.41) is 2.54. The molecule has 1 fully saturated rings. The van der Waals surface area contributed by atoms with Gasteiger partial charge in [0, 0.05) is 0 Å². The van der Waals surface area contributed by atoms with Gasteiger partial charge in [-0.3, -0.25) is 14.9 Å². The van der Waals surface area contributed by atoms with E-state index in [-0.39, 0.29) is 10.1 Å². The predicted octanol–water partition coefficient (Wildman–Crippen LogP) is 1.50. The molecule has 14 heavy (non-hydrogen) atoms. The van der Waals surface area contributed by atoms with Crippen molar-refractivity contribution in [2.24, 2.45) is 5.92 Å². The smallest absolute Gasteiger partial charge is 0.252 e. The molecule has 0 radical (unpaired) electrons. The number of hydrogen-bond acceptors (Lipinski definition) is 2. The van der Waals surface area contributed by atoms with Crippen molar-refractivity contribution >= 4 is 46.6 Å². The lowest BCUT2D eigenvalue weighted by molar-refractivity contribution is -0.125. The predicted molar refractivity (Wildman–Crippen MR) is 53.1 cm³/mol. The number of halogens is 3. The Morgan fingerprint density at radius 3 is 2.57 bits per heavy atom. The summed E-state index contributed by atoms with van der Waals surface area (Å²) in [5.74, 6) is -1.79. The van der Waals surface area contributed by atoms with Gasteiger partial charge in [0.15, 0.2) is 4.87 Å². The molecule has 0 bridgehead atoms. The van der Waals surface area contributed by atoms with Gasteiger partial charge in [-0.25, -0.2) is 0 Å². The van der Waals surface area contributed by atoms with Gasteiger partial charge in [0.1, 0.15) is 0 Å². The van der Waals surface area contributed by atoms with Crippen LogP contribution in [0.2, 0.25) is 0 Å². The van der Waals surface area contributed by atoms with Crippen LogP contribution in [0.5, 0.6) is 0 Å². The fraction of sp³-hybridized carbons (Fsp3) is 0.250. The normalized spacial score (nSPS) is 36.1. The maximum Gasteiger partial charge on any atom is 0.252 e. The molecule has 3 nitrogen and oxygen atoms in total. The lowest BCUT2D eigenvalue weighted by atomic mass is 9.90. The summed E-state index contributed by atoms with van der Waals surface area (Å²) in [4.78, 5) is 21.2. The molecular weight excluding hydrogens is 248 g/mol. The number of nitrogens with one attached hydrogen (secondary N) is 1. The maximum absolute atomic E-state index is 11.4. The zero-order valence-corrected chi connectivity index (χ0v) is 8.95. The van der Waals surface area contributed by atoms with Crippen molar-refractivity contribution in [3.8, 4) is 0 Å². The van der Waals surface area contributed by atoms with Crippen molar-refractivity contribution in [1.29, 1.82) is 0 Å². The second-order valence-electron chi connectivity index (χ2n) is 3.07. The molecule has 1 aliphatic carbocycles. The van der Waals surface area contributed by atoms with E-state index < -0.39 is 22.6 Å². The Morgan fingerprint density at radius 1 is 1.29 bits per heavy atom. The molecule has 2 atom stereocenters. The van der Waals surface area contributed by atoms with E-state index in [0.29, 0.717) is 0 Å². The summed E-state index contributed by atoms with van der Waals surface area (Å²) >= 11 is 17.4. The highest BCUT2D eigenvalue weighted by Gasteiger charge is 2.53. The summed E-state index contributed by atoms with van der Waals surface area (Å²) in [6.45, 7) is 0. The van der Waals surface area contributed by atoms with Crippen molar-refractivity contribution in [3.05, 3.63) is 22.2 Å². The number of hydrogen-bond donors (Lipinski definition) is 1. The van der Waals surface area contributed by atoms with Gasteiger partial charge in [0.25, 0.3) is 5.91 Å². The quantitative estimate of drug-likeness (QED) is 0.524. The van der Waals surface area contributed by atoms with Gasteiger partial charge in [0.05, 0.1) is 16.0 Å². The van der Waals surface area contributed by atoms with Crippen molar-refractivity contribution in [1.82, 2.24) is 5.32 Å². The first kappa shape index (κ1) is 10.0. The molecule has 1 saturated heterocycles. The molecule has 1 aliphatic heterocycles. The minimum atomic E-state index is -1.41. The van der Waals surface area contributed by atoms with E-state index >= 15 is 0 Å². The molecule has 74 valence electrons. The molecule has 2 amide bonds. The first-order chi connectivity index (χ1) is 6.45. The Labute approximate surface area is 94.7 Å². The van der Waals surface area contributed by atoms with Crippen LogP contribution in [-0.4, -0.2) is 16.7 Å². The number of amides is 2. The molecule has 0 spiro atoms. The second-order valence-corrected chi connectivity index (χ2v) is 4.51. The van der Waals surface area contributed by atoms with Crippen molar-refractivity contribution in [2.75, 3.05) is 0 Å². The largest absolute Gasteiger partial charge is 0.294 e. The fourth-order valence-corrected chi connectivity index (χ4v) is 2.24. The summed E-state index contributed by atoms with van der Waals surface area (Å²) in [6.07, 6.45) is 2.68. The van der Waals surface area contributed by atoms with Crippen LogP contribution in [-0.2, 0) is 9.59 Å². The van der Waals surface area contributed by atoms with Crippen LogP contribution in [0.1, 0.15) is 0 Å². The Morgan fingerprint density at radius 2 is 1.93 bits per heavy atom. The summed E-state index contributed by atoms with van der Waals surface area (Å²) in [5.41, 5.74) is 0. The molecule has 6 heteroatoms. The van der Waals surface area contributed by atoms with Gasteiger partial charge in [-0.15, -0.1) is 11.6 Å². The maximum atomic E-state index is 11.4. The second kappa shape index (κ2) is 2.99. The van der Waals surface area contributed by atoms with Crippen LogP contribution < -0.4 is 5.32 Å². The number of rotatable bonds is 0. The molecule has 0 aromatic heterocycles. The Kier molecular flexibility index (Phi) is 2.14. The molecule has 1 heterocycles. The van der Waals surface area contributed by atoms with Crippen LogP contribution in [0.3, 0.4) is 0 Å². The molecule has 2 aliphatic rings. The topological polar surface area (TPSA) is 46.2 Å². The third kappa shape index (κ3) is 1.20. The van der Waals surface area contributed by atoms with Crippen molar-refractivity contribution in [3.63, 3.8) is 0 Å². The van der Waals surface area contributed by atoms with Gasteiger partial charge >= 0.3 is 0 Å². The molecule has 0 aromatic rings. The number of alkyl halides is 1. The summed E-state index contributed by atoms with van der Waals surface area (Å²) < 4.78 is 0. The van der Waals surface area contributed by atoms with E-state index in [0.717, 1.165) is 0 Å². The van der Waals surface area contributed by atoms with Gasteiger partial charge < -0.3 is 0 Å². The molecule has 0 aromatic carbocycles. The molecular formula is C8H4Cl3NO2. The SMILES string of the molecule is O=C1NC(=O)C2(Cl)C=C(Cl)C(Cl)=CC12. The van der Waals surface area contributed by atoms with Crippen LogP contribution in [0.4, 0.5) is 0 Å². The average Bonchev–Trinajstić information content (AvgIpc) is 2.29. The van der Waals surface area contributed by atoms with Crippen molar-refractivity contribution < 1.29 is 9.59 Å². The zero-order chi connectivity index (χ0) is 10.5. The third-order valence-electron chi connectivity index (χ3n) is 2.20. The lowest BCUT2D eigenvalue weighted by Crippen LogP contribution is -2.35. The lowest BCUT2D eigenvalue weighted by Gasteiger charge is -2.22. The minimum absolute atomic E-state index is 0.183. The fourth-order valence-electron chi connectivity index (χ4n) is 1.45. The first-order valence-electron chi connectivity index (χ1n) is 3.75. The van der Waals surface area contributed by atoms with Crippen molar-refractivity contribution in [2.45, 2.75) is 4.87 Å². The molecule has 2 rings (SSSR count). The highest BCUT2D eigenvalue weighted by molar-refractivity contribution is 6.48. The van der Waals surface area contributed by atoms with E-state index in [1.54, 1.807) is 0 Å². The van der Waals surface area contributed by atoms with Crippen LogP contribution in [0.25, 0.3) is 0 Å². The summed E-state index contributed by atoms with van der Waals surface area (Å²) in [6, 6.07) is 0. The van der Waals surface area contributed by atoms with Crippen LogP contribution >= 0.6 is 34.8 Å². The Bertz CT molecular complexity index is 401. The highest BCUT2D eigenvalue weighted by atomic mass is 35.5. The Balaban J connectivity index is 2.54. The monoisotopic (exact) mass is 251 g/mol. The third-order valence-corrected chi connectivity index (χ3v) is 3.45. The first-order valence-corrected chi connectivity index (χ1v) is 4.89.